The Labute approximate surface area is 75.5 Å². The van der Waals surface area contributed by atoms with Gasteiger partial charge >= 0.3 is 0 Å². The van der Waals surface area contributed by atoms with Crippen molar-refractivity contribution in [1.82, 2.24) is 0 Å². The van der Waals surface area contributed by atoms with Crippen molar-refractivity contribution >= 4 is 0 Å². The van der Waals surface area contributed by atoms with Gasteiger partial charge in [-0.05, 0) is 36.7 Å². The molecule has 1 aliphatic rings. The van der Waals surface area contributed by atoms with Crippen molar-refractivity contribution in [2.24, 2.45) is 11.3 Å². The summed E-state index contributed by atoms with van der Waals surface area (Å²) in [5.74, 6) is 0.352. The van der Waals surface area contributed by atoms with Crippen LogP contribution in [0.25, 0.3) is 0 Å². The summed E-state index contributed by atoms with van der Waals surface area (Å²) in [6.45, 7) is 12.3. The molecule has 1 fully saturated rings. The van der Waals surface area contributed by atoms with Gasteiger partial charge in [-0.2, -0.15) is 0 Å². The van der Waals surface area contributed by atoms with Gasteiger partial charge in [0.2, 0.25) is 0 Å². The Bertz CT molecular complexity index is 205. The molecule has 0 heterocycles. The van der Waals surface area contributed by atoms with E-state index in [0.29, 0.717) is 5.92 Å². The normalized spacial score (nSPS) is 39.9. The minimum absolute atomic E-state index is 0.271. The van der Waals surface area contributed by atoms with Crippen LogP contribution in [0.1, 0.15) is 40.5 Å². The average molecular weight is 168 g/mol. The lowest BCUT2D eigenvalue weighted by Crippen LogP contribution is -2.32. The molecule has 0 saturated heterocycles. The molecule has 70 valence electrons. The first-order chi connectivity index (χ1) is 5.28. The zero-order chi connectivity index (χ0) is 9.57. The van der Waals surface area contributed by atoms with Gasteiger partial charge in [0.15, 0.2) is 0 Å². The first-order valence-electron chi connectivity index (χ1n) is 4.66. The minimum Gasteiger partial charge on any atom is -0.385 e. The molecule has 1 N–H and O–H groups in total. The monoisotopic (exact) mass is 168 g/mol. The average Bonchev–Trinajstić information content (AvgIpc) is 2.03. The van der Waals surface area contributed by atoms with Crippen LogP contribution < -0.4 is 0 Å². The van der Waals surface area contributed by atoms with E-state index in [1.807, 2.05) is 6.92 Å². The molecule has 0 aromatic carbocycles. The molecule has 1 nitrogen and oxygen atoms in total. The fourth-order valence-corrected chi connectivity index (χ4v) is 2.55. The van der Waals surface area contributed by atoms with E-state index in [0.717, 1.165) is 18.4 Å². The van der Waals surface area contributed by atoms with Gasteiger partial charge in [0.05, 0.1) is 5.60 Å². The van der Waals surface area contributed by atoms with Crippen molar-refractivity contribution in [3.63, 3.8) is 0 Å². The topological polar surface area (TPSA) is 20.2 Å². The lowest BCUT2D eigenvalue weighted by atomic mass is 9.85. The second-order valence-electron chi connectivity index (χ2n) is 5.15. The van der Waals surface area contributed by atoms with E-state index >= 15 is 0 Å². The fraction of sp³-hybridized carbons (Fsp3) is 0.818. The summed E-state index contributed by atoms with van der Waals surface area (Å²) in [6, 6.07) is 0. The van der Waals surface area contributed by atoms with E-state index in [9.17, 15) is 5.11 Å². The van der Waals surface area contributed by atoms with Gasteiger partial charge in [-0.25, -0.2) is 0 Å². The first kappa shape index (κ1) is 9.79. The summed E-state index contributed by atoms with van der Waals surface area (Å²) in [6.07, 6.45) is 1.95. The lowest BCUT2D eigenvalue weighted by Gasteiger charge is -2.28. The molecule has 1 aliphatic carbocycles. The van der Waals surface area contributed by atoms with Crippen LogP contribution in [0.15, 0.2) is 12.2 Å². The Morgan fingerprint density at radius 1 is 1.50 bits per heavy atom. The standard InChI is InChI=1S/C11H20O/c1-8(2)11(12)7-10(4,5)6-9(11)3/h9,12H,1,6-7H2,2-5H3. The smallest absolute Gasteiger partial charge is 0.0882 e. The second kappa shape index (κ2) is 2.59. The molecular weight excluding hydrogens is 148 g/mol. The highest BCUT2D eigenvalue weighted by Gasteiger charge is 2.47. The molecule has 1 heteroatoms. The van der Waals surface area contributed by atoms with Crippen LogP contribution >= 0.6 is 0 Å². The van der Waals surface area contributed by atoms with Gasteiger partial charge in [0.25, 0.3) is 0 Å². The first-order valence-corrected chi connectivity index (χ1v) is 4.66. The Morgan fingerprint density at radius 3 is 2.17 bits per heavy atom. The van der Waals surface area contributed by atoms with Crippen LogP contribution in [0, 0.1) is 11.3 Å². The van der Waals surface area contributed by atoms with E-state index in [1.165, 1.54) is 0 Å². The van der Waals surface area contributed by atoms with Gasteiger partial charge in [0, 0.05) is 0 Å². The Kier molecular flexibility index (Phi) is 2.12. The van der Waals surface area contributed by atoms with E-state index in [1.54, 1.807) is 0 Å². The zero-order valence-corrected chi connectivity index (χ0v) is 8.65. The number of hydrogen-bond acceptors (Lipinski definition) is 1. The van der Waals surface area contributed by atoms with Crippen LogP contribution in [0.3, 0.4) is 0 Å². The third-order valence-corrected chi connectivity index (χ3v) is 3.16. The molecule has 12 heavy (non-hydrogen) atoms. The predicted octanol–water partition coefficient (Wildman–Crippen LogP) is 2.75. The van der Waals surface area contributed by atoms with Crippen LogP contribution in [-0.2, 0) is 0 Å². The van der Waals surface area contributed by atoms with E-state index in [2.05, 4.69) is 27.4 Å². The quantitative estimate of drug-likeness (QED) is 0.597. The maximum absolute atomic E-state index is 10.3. The van der Waals surface area contributed by atoms with Crippen LogP contribution in [-0.4, -0.2) is 10.7 Å². The summed E-state index contributed by atoms with van der Waals surface area (Å²) in [7, 11) is 0. The summed E-state index contributed by atoms with van der Waals surface area (Å²) in [4.78, 5) is 0. The second-order valence-corrected chi connectivity index (χ2v) is 5.15. The zero-order valence-electron chi connectivity index (χ0n) is 8.65. The van der Waals surface area contributed by atoms with E-state index in [-0.39, 0.29) is 5.41 Å². The summed E-state index contributed by atoms with van der Waals surface area (Å²) in [5.41, 5.74) is 0.581. The van der Waals surface area contributed by atoms with Gasteiger partial charge in [-0.3, -0.25) is 0 Å². The molecule has 0 spiro atoms. The van der Waals surface area contributed by atoms with Gasteiger partial charge in [0.1, 0.15) is 0 Å². The van der Waals surface area contributed by atoms with Crippen molar-refractivity contribution in [3.8, 4) is 0 Å². The van der Waals surface area contributed by atoms with Gasteiger partial charge in [-0.1, -0.05) is 27.4 Å². The Balaban J connectivity index is 2.89. The minimum atomic E-state index is -0.608. The summed E-state index contributed by atoms with van der Waals surface area (Å²) >= 11 is 0. The summed E-state index contributed by atoms with van der Waals surface area (Å²) < 4.78 is 0. The van der Waals surface area contributed by atoms with E-state index in [4.69, 9.17) is 0 Å². The molecule has 0 bridgehead atoms. The Hall–Kier alpha value is -0.300. The molecule has 2 atom stereocenters. The van der Waals surface area contributed by atoms with Crippen LogP contribution in [0.4, 0.5) is 0 Å². The van der Waals surface area contributed by atoms with E-state index < -0.39 is 5.60 Å². The predicted molar refractivity (Wildman–Crippen MR) is 51.9 cm³/mol. The molecule has 0 amide bonds. The largest absolute Gasteiger partial charge is 0.385 e. The highest BCUT2D eigenvalue weighted by Crippen LogP contribution is 2.49. The molecule has 0 aromatic heterocycles. The van der Waals surface area contributed by atoms with Gasteiger partial charge < -0.3 is 5.11 Å². The Morgan fingerprint density at radius 2 is 2.00 bits per heavy atom. The summed E-state index contributed by atoms with van der Waals surface area (Å²) in [5, 5.41) is 10.3. The lowest BCUT2D eigenvalue weighted by molar-refractivity contribution is 0.0414. The van der Waals surface area contributed by atoms with Crippen LogP contribution in [0.2, 0.25) is 0 Å². The SMILES string of the molecule is C=C(C)C1(O)CC(C)(C)CC1C. The van der Waals surface area contributed by atoms with Crippen molar-refractivity contribution in [2.45, 2.75) is 46.1 Å². The number of aliphatic hydroxyl groups is 1. The van der Waals surface area contributed by atoms with Crippen molar-refractivity contribution < 1.29 is 5.11 Å². The third-order valence-electron chi connectivity index (χ3n) is 3.16. The maximum Gasteiger partial charge on any atom is 0.0882 e. The number of rotatable bonds is 1. The number of hydrogen-bond donors (Lipinski definition) is 1. The highest BCUT2D eigenvalue weighted by molar-refractivity contribution is 5.17. The fourth-order valence-electron chi connectivity index (χ4n) is 2.55. The maximum atomic E-state index is 10.3. The molecule has 0 radical (unpaired) electrons. The highest BCUT2D eigenvalue weighted by atomic mass is 16.3. The molecule has 1 saturated carbocycles. The van der Waals surface area contributed by atoms with Crippen LogP contribution in [0.5, 0.6) is 0 Å². The molecular formula is C11H20O. The van der Waals surface area contributed by atoms with Crippen molar-refractivity contribution in [2.75, 3.05) is 0 Å². The third kappa shape index (κ3) is 1.42. The molecule has 2 unspecified atom stereocenters. The molecule has 1 rings (SSSR count). The van der Waals surface area contributed by atoms with Crippen molar-refractivity contribution in [1.29, 1.82) is 0 Å². The van der Waals surface area contributed by atoms with Crippen molar-refractivity contribution in [3.05, 3.63) is 12.2 Å². The molecule has 0 aromatic rings. The van der Waals surface area contributed by atoms with Gasteiger partial charge in [-0.15, -0.1) is 0 Å². The molecule has 0 aliphatic heterocycles.